The molecule has 0 saturated carbocycles. The molecular weight excluding hydrogens is 553 g/mol. The molecule has 0 atom stereocenters. The van der Waals surface area contributed by atoms with Crippen LogP contribution in [0.4, 0.5) is 0 Å². The molecule has 2 amide bonds. The average molecular weight is 569 g/mol. The molecule has 1 saturated heterocycles. The molecule has 2 aliphatic heterocycles. The minimum absolute atomic E-state index is 0.0171. The molecule has 1 fully saturated rings. The number of benzene rings is 3. The number of carbonyl (C=O) groups is 2. The lowest BCUT2D eigenvalue weighted by Gasteiger charge is -2.27. The second-order valence-corrected chi connectivity index (χ2v) is 13.6. The number of aromatic hydroxyl groups is 2. The van der Waals surface area contributed by atoms with Gasteiger partial charge in [-0.25, -0.2) is 10.0 Å². The van der Waals surface area contributed by atoms with Gasteiger partial charge in [0.05, 0.1) is 36.5 Å². The molecule has 6 nitrogen and oxygen atoms in total. The van der Waals surface area contributed by atoms with Crippen molar-refractivity contribution >= 4 is 79.6 Å². The molecule has 6 rings (SSSR count). The summed E-state index contributed by atoms with van der Waals surface area (Å²) in [6.07, 6.45) is 0. The maximum absolute atomic E-state index is 13.7. The third-order valence-corrected chi connectivity index (χ3v) is 11.1. The van der Waals surface area contributed by atoms with Gasteiger partial charge in [-0.15, -0.1) is 22.7 Å². The third kappa shape index (κ3) is 3.91. The van der Waals surface area contributed by atoms with Gasteiger partial charge in [0, 0.05) is 0 Å². The van der Waals surface area contributed by atoms with Crippen LogP contribution >= 0.6 is 58.4 Å². The van der Waals surface area contributed by atoms with E-state index in [-0.39, 0.29) is 30.2 Å². The predicted octanol–water partition coefficient (Wildman–Crippen LogP) is 6.50. The van der Waals surface area contributed by atoms with Crippen molar-refractivity contribution in [2.24, 2.45) is 0 Å². The predicted molar refractivity (Wildman–Crippen MR) is 147 cm³/mol. The van der Waals surface area contributed by atoms with Crippen LogP contribution in [0.25, 0.3) is 9.40 Å². The summed E-state index contributed by atoms with van der Waals surface area (Å²) in [5, 5.41) is 24.8. The largest absolute Gasteiger partial charge is 0.505 e. The van der Waals surface area contributed by atoms with Crippen LogP contribution in [-0.4, -0.2) is 32.0 Å². The van der Waals surface area contributed by atoms with Crippen LogP contribution < -0.4 is 0 Å². The summed E-state index contributed by atoms with van der Waals surface area (Å²) in [6, 6.07) is 19.0. The first-order chi connectivity index (χ1) is 17.4. The molecule has 180 valence electrons. The Kier molecular flexibility index (Phi) is 6.05. The van der Waals surface area contributed by atoms with Gasteiger partial charge in [-0.3, -0.25) is 9.59 Å². The number of nitrogens with zero attached hydrogens (tertiary/aromatic N) is 2. The van der Waals surface area contributed by atoms with E-state index >= 15 is 0 Å². The molecule has 3 heterocycles. The Morgan fingerprint density at radius 1 is 0.694 bits per heavy atom. The molecule has 11 heteroatoms. The zero-order valence-corrected chi connectivity index (χ0v) is 22.4. The molecule has 4 aromatic rings. The van der Waals surface area contributed by atoms with E-state index in [4.69, 9.17) is 12.2 Å². The van der Waals surface area contributed by atoms with Crippen molar-refractivity contribution in [1.29, 1.82) is 0 Å². The number of rotatable bonds is 4. The number of carbonyl (C=O) groups excluding carboxylic acids is 2. The minimum Gasteiger partial charge on any atom is -0.505 e. The lowest BCUT2D eigenvalue weighted by molar-refractivity contribution is -0.149. The summed E-state index contributed by atoms with van der Waals surface area (Å²) >= 11 is 9.98. The van der Waals surface area contributed by atoms with E-state index in [1.807, 2.05) is 60.7 Å². The van der Waals surface area contributed by atoms with Gasteiger partial charge in [-0.2, -0.15) is 0 Å². The van der Waals surface area contributed by atoms with Crippen molar-refractivity contribution < 1.29 is 19.8 Å². The first-order valence-electron chi connectivity index (χ1n) is 10.8. The second-order valence-electron chi connectivity index (χ2n) is 8.03. The van der Waals surface area contributed by atoms with E-state index in [2.05, 4.69) is 0 Å². The monoisotopic (exact) mass is 568 g/mol. The normalized spacial score (nSPS) is 15.4. The summed E-state index contributed by atoms with van der Waals surface area (Å²) in [5.74, 6) is -0.773. The molecule has 2 N–H and O–H groups in total. The molecular formula is C25H16N2O4S5. The standard InChI is InChI=1S/C25H16N2O4S5/c28-16-18-19(17(29)21-20(16)35-25(32)36-21)34-24(33-18)15-22(30)26(11-13-7-3-1-4-8-13)27(23(15)31)12-14-9-5-2-6-10-14/h1-10,28-29H,11-12H2. The Hall–Kier alpha value is -2.83. The third-order valence-electron chi connectivity index (χ3n) is 5.78. The highest BCUT2D eigenvalue weighted by atomic mass is 32.2. The Morgan fingerprint density at radius 3 is 1.53 bits per heavy atom. The van der Waals surface area contributed by atoms with E-state index in [0.717, 1.165) is 34.7 Å². The Balaban J connectivity index is 1.42. The highest BCUT2D eigenvalue weighted by molar-refractivity contribution is 8.25. The van der Waals surface area contributed by atoms with Gasteiger partial charge < -0.3 is 10.2 Å². The fraction of sp³-hybridized carbons (Fsp3) is 0.0800. The minimum atomic E-state index is -0.404. The number of hydrogen-bond donors (Lipinski definition) is 2. The van der Waals surface area contributed by atoms with Crippen LogP contribution in [0.2, 0.25) is 0 Å². The van der Waals surface area contributed by atoms with Crippen molar-refractivity contribution in [2.45, 2.75) is 22.9 Å². The number of fused-ring (bicyclic) bond motifs is 2. The first-order valence-corrected chi connectivity index (χ1v) is 14.4. The zero-order chi connectivity index (χ0) is 25.0. The number of phenols is 2. The molecule has 1 aromatic heterocycles. The topological polar surface area (TPSA) is 81.1 Å². The van der Waals surface area contributed by atoms with Crippen LogP contribution in [0.15, 0.2) is 80.3 Å². The van der Waals surface area contributed by atoms with Crippen LogP contribution in [-0.2, 0) is 22.7 Å². The summed E-state index contributed by atoms with van der Waals surface area (Å²) in [6.45, 7) is 0.486. The van der Waals surface area contributed by atoms with Crippen LogP contribution in [0.5, 0.6) is 11.5 Å². The van der Waals surface area contributed by atoms with E-state index < -0.39 is 11.8 Å². The number of thioether (sulfide) groups is 2. The van der Waals surface area contributed by atoms with E-state index in [0.29, 0.717) is 26.6 Å². The number of hydrazine groups is 1. The molecule has 0 bridgehead atoms. The Bertz CT molecular complexity index is 1510. The first kappa shape index (κ1) is 23.6. The van der Waals surface area contributed by atoms with E-state index in [9.17, 15) is 19.8 Å². The highest BCUT2D eigenvalue weighted by Gasteiger charge is 2.45. The van der Waals surface area contributed by atoms with Crippen molar-refractivity contribution in [3.63, 3.8) is 0 Å². The summed E-state index contributed by atoms with van der Waals surface area (Å²) in [7, 11) is 0. The van der Waals surface area contributed by atoms with Crippen LogP contribution in [0.1, 0.15) is 11.1 Å². The molecule has 0 radical (unpaired) electrons. The summed E-state index contributed by atoms with van der Waals surface area (Å²) < 4.78 is 2.07. The number of amides is 2. The van der Waals surface area contributed by atoms with Gasteiger partial charge in [-0.1, -0.05) is 96.4 Å². The lowest BCUT2D eigenvalue weighted by atomic mass is 10.2. The highest BCUT2D eigenvalue weighted by Crippen LogP contribution is 2.62. The summed E-state index contributed by atoms with van der Waals surface area (Å²) in [4.78, 5) is 28.3. The SMILES string of the molecule is O=C1C(=C2Sc3c(c(O)c4sc(=S)sc4c3O)S2)C(=O)N(Cc2ccccc2)N1Cc1ccccc1. The van der Waals surface area contributed by atoms with Crippen LogP contribution in [0.3, 0.4) is 0 Å². The Labute approximate surface area is 227 Å². The summed E-state index contributed by atoms with van der Waals surface area (Å²) in [5.41, 5.74) is 1.84. The van der Waals surface area contributed by atoms with E-state index in [1.54, 1.807) is 0 Å². The molecule has 0 unspecified atom stereocenters. The molecule has 3 aromatic carbocycles. The van der Waals surface area contributed by atoms with Crippen molar-refractivity contribution in [2.75, 3.05) is 0 Å². The maximum Gasteiger partial charge on any atom is 0.280 e. The smallest absolute Gasteiger partial charge is 0.280 e. The zero-order valence-electron chi connectivity index (χ0n) is 18.3. The van der Waals surface area contributed by atoms with E-state index in [1.165, 1.54) is 32.7 Å². The fourth-order valence-electron chi connectivity index (χ4n) is 4.08. The number of phenolic OH excluding ortho intramolecular Hbond substituents is 2. The van der Waals surface area contributed by atoms with Gasteiger partial charge in [0.15, 0.2) is 0 Å². The second kappa shape index (κ2) is 9.24. The van der Waals surface area contributed by atoms with Gasteiger partial charge in [0.1, 0.15) is 20.2 Å². The van der Waals surface area contributed by atoms with Gasteiger partial charge in [0.2, 0.25) is 0 Å². The lowest BCUT2D eigenvalue weighted by Crippen LogP contribution is -2.39. The quantitative estimate of drug-likeness (QED) is 0.126. The molecule has 36 heavy (non-hydrogen) atoms. The molecule has 0 aliphatic carbocycles. The average Bonchev–Trinajstić information content (AvgIpc) is 3.55. The van der Waals surface area contributed by atoms with Gasteiger partial charge in [-0.05, 0) is 11.1 Å². The van der Waals surface area contributed by atoms with Crippen LogP contribution in [0, 0.1) is 3.14 Å². The fourth-order valence-corrected chi connectivity index (χ4v) is 9.35. The van der Waals surface area contributed by atoms with Gasteiger partial charge in [0.25, 0.3) is 11.8 Å². The van der Waals surface area contributed by atoms with Crippen molar-refractivity contribution in [3.05, 3.63) is 84.7 Å². The molecule has 0 spiro atoms. The van der Waals surface area contributed by atoms with Gasteiger partial charge >= 0.3 is 0 Å². The maximum atomic E-state index is 13.7. The number of hydrogen-bond acceptors (Lipinski definition) is 9. The van der Waals surface area contributed by atoms with Crippen molar-refractivity contribution in [3.8, 4) is 11.5 Å². The molecule has 2 aliphatic rings. The van der Waals surface area contributed by atoms with Crippen molar-refractivity contribution in [1.82, 2.24) is 10.0 Å². The Morgan fingerprint density at radius 2 is 1.11 bits per heavy atom.